The van der Waals surface area contributed by atoms with E-state index in [-0.39, 0.29) is 17.0 Å². The summed E-state index contributed by atoms with van der Waals surface area (Å²) in [7, 11) is 0. The third-order valence-corrected chi connectivity index (χ3v) is 3.51. The van der Waals surface area contributed by atoms with Crippen molar-refractivity contribution in [3.63, 3.8) is 0 Å². The normalized spacial score (nSPS) is 12.3. The zero-order valence-corrected chi connectivity index (χ0v) is 11.9. The Labute approximate surface area is 118 Å². The number of carboxylic acids is 1. The Morgan fingerprint density at radius 1 is 1.15 bits per heavy atom. The minimum absolute atomic E-state index is 0.166. The SMILES string of the molecule is CCCCCCC(C)c1c(C(=O)O)cc(O)c(O)c1O. The number of phenolic OH excluding ortho intramolecular Hbond substituents is 3. The summed E-state index contributed by atoms with van der Waals surface area (Å²) < 4.78 is 0. The Bertz CT molecular complexity index is 482. The van der Waals surface area contributed by atoms with E-state index >= 15 is 0 Å². The average Bonchev–Trinajstić information content (AvgIpc) is 2.40. The fourth-order valence-corrected chi connectivity index (χ4v) is 2.36. The zero-order valence-electron chi connectivity index (χ0n) is 11.9. The molecule has 0 saturated carbocycles. The Kier molecular flexibility index (Phi) is 5.67. The molecule has 0 fully saturated rings. The smallest absolute Gasteiger partial charge is 0.336 e. The molecule has 1 unspecified atom stereocenters. The minimum atomic E-state index is -1.23. The first-order valence-corrected chi connectivity index (χ1v) is 6.91. The molecule has 0 aromatic heterocycles. The molecule has 4 N–H and O–H groups in total. The standard InChI is InChI=1S/C15H22O5/c1-3-4-5-6-7-9(2)12-10(15(19)20)8-11(16)13(17)14(12)18/h8-9,16-18H,3-7H2,1-2H3,(H,19,20). The molecule has 0 amide bonds. The fraction of sp³-hybridized carbons (Fsp3) is 0.533. The lowest BCUT2D eigenvalue weighted by molar-refractivity contribution is 0.0694. The van der Waals surface area contributed by atoms with E-state index in [9.17, 15) is 20.1 Å². The molecule has 1 aromatic carbocycles. The van der Waals surface area contributed by atoms with Gasteiger partial charge in [0.25, 0.3) is 0 Å². The van der Waals surface area contributed by atoms with Gasteiger partial charge in [0, 0.05) is 5.56 Å². The van der Waals surface area contributed by atoms with Gasteiger partial charge in [-0.15, -0.1) is 0 Å². The van der Waals surface area contributed by atoms with Gasteiger partial charge in [-0.3, -0.25) is 0 Å². The molecule has 5 heteroatoms. The van der Waals surface area contributed by atoms with Gasteiger partial charge in [-0.1, -0.05) is 39.5 Å². The van der Waals surface area contributed by atoms with Crippen LogP contribution in [-0.4, -0.2) is 26.4 Å². The molecular weight excluding hydrogens is 260 g/mol. The van der Waals surface area contributed by atoms with Gasteiger partial charge in [-0.25, -0.2) is 4.79 Å². The van der Waals surface area contributed by atoms with Crippen LogP contribution in [0, 0.1) is 0 Å². The van der Waals surface area contributed by atoms with E-state index in [1.807, 2.05) is 6.92 Å². The Hall–Kier alpha value is -1.91. The summed E-state index contributed by atoms with van der Waals surface area (Å²) in [5, 5.41) is 38.0. The topological polar surface area (TPSA) is 98.0 Å². The van der Waals surface area contributed by atoms with Crippen LogP contribution in [0.25, 0.3) is 0 Å². The molecule has 112 valence electrons. The average molecular weight is 282 g/mol. The van der Waals surface area contributed by atoms with Crippen molar-refractivity contribution in [2.24, 2.45) is 0 Å². The lowest BCUT2D eigenvalue weighted by atomic mass is 9.89. The van der Waals surface area contributed by atoms with Gasteiger partial charge in [0.15, 0.2) is 11.5 Å². The number of rotatable bonds is 7. The highest BCUT2D eigenvalue weighted by atomic mass is 16.4. The lowest BCUT2D eigenvalue weighted by Crippen LogP contribution is -2.06. The summed E-state index contributed by atoms with van der Waals surface area (Å²) >= 11 is 0. The first-order valence-electron chi connectivity index (χ1n) is 6.91. The van der Waals surface area contributed by atoms with Crippen LogP contribution in [0.15, 0.2) is 6.07 Å². The molecule has 1 aromatic rings. The number of aromatic hydroxyl groups is 3. The van der Waals surface area contributed by atoms with E-state index in [4.69, 9.17) is 5.11 Å². The van der Waals surface area contributed by atoms with Crippen LogP contribution < -0.4 is 0 Å². The molecule has 1 rings (SSSR count). The highest BCUT2D eigenvalue weighted by molar-refractivity contribution is 5.92. The highest BCUT2D eigenvalue weighted by Gasteiger charge is 2.24. The summed E-state index contributed by atoms with van der Waals surface area (Å²) in [6.07, 6.45) is 4.92. The molecule has 0 radical (unpaired) electrons. The highest BCUT2D eigenvalue weighted by Crippen LogP contribution is 2.44. The van der Waals surface area contributed by atoms with Gasteiger partial charge < -0.3 is 20.4 Å². The summed E-state index contributed by atoms with van der Waals surface area (Å²) in [4.78, 5) is 11.2. The number of carbonyl (C=O) groups is 1. The van der Waals surface area contributed by atoms with Crippen LogP contribution in [0.4, 0.5) is 0 Å². The van der Waals surface area contributed by atoms with Crippen molar-refractivity contribution in [2.75, 3.05) is 0 Å². The van der Waals surface area contributed by atoms with Crippen LogP contribution in [-0.2, 0) is 0 Å². The molecular formula is C15H22O5. The van der Waals surface area contributed by atoms with Gasteiger partial charge in [0.1, 0.15) is 0 Å². The number of phenols is 3. The van der Waals surface area contributed by atoms with Crippen molar-refractivity contribution in [2.45, 2.75) is 51.9 Å². The van der Waals surface area contributed by atoms with Crippen molar-refractivity contribution in [3.8, 4) is 17.2 Å². The summed E-state index contributed by atoms with van der Waals surface area (Å²) in [5.41, 5.74) is 0.0186. The predicted molar refractivity (Wildman–Crippen MR) is 75.6 cm³/mol. The van der Waals surface area contributed by atoms with E-state index in [2.05, 4.69) is 6.92 Å². The molecule has 0 aliphatic carbocycles. The molecule has 0 bridgehead atoms. The Morgan fingerprint density at radius 2 is 1.80 bits per heavy atom. The molecule has 20 heavy (non-hydrogen) atoms. The third-order valence-electron chi connectivity index (χ3n) is 3.51. The number of hydrogen-bond donors (Lipinski definition) is 4. The van der Waals surface area contributed by atoms with Gasteiger partial charge in [-0.2, -0.15) is 0 Å². The summed E-state index contributed by atoms with van der Waals surface area (Å²) in [5.74, 6) is -3.26. The van der Waals surface area contributed by atoms with E-state index in [0.717, 1.165) is 38.2 Å². The van der Waals surface area contributed by atoms with Gasteiger partial charge in [-0.05, 0) is 18.4 Å². The van der Waals surface area contributed by atoms with Crippen LogP contribution in [0.5, 0.6) is 17.2 Å². The first-order chi connectivity index (χ1) is 9.40. The number of carboxylic acid groups (broad SMARTS) is 1. The van der Waals surface area contributed by atoms with Crippen molar-refractivity contribution in [3.05, 3.63) is 17.2 Å². The van der Waals surface area contributed by atoms with Crippen LogP contribution in [0.2, 0.25) is 0 Å². The maximum Gasteiger partial charge on any atom is 0.336 e. The van der Waals surface area contributed by atoms with Crippen molar-refractivity contribution >= 4 is 5.97 Å². The van der Waals surface area contributed by atoms with Crippen LogP contribution in [0.3, 0.4) is 0 Å². The maximum absolute atomic E-state index is 11.2. The van der Waals surface area contributed by atoms with Gasteiger partial charge in [0.2, 0.25) is 5.75 Å². The molecule has 0 saturated heterocycles. The first kappa shape index (κ1) is 16.1. The van der Waals surface area contributed by atoms with Crippen molar-refractivity contribution < 1.29 is 25.2 Å². The lowest BCUT2D eigenvalue weighted by Gasteiger charge is -2.17. The van der Waals surface area contributed by atoms with E-state index in [0.29, 0.717) is 0 Å². The van der Waals surface area contributed by atoms with Crippen LogP contribution >= 0.6 is 0 Å². The summed E-state index contributed by atoms with van der Waals surface area (Å²) in [6.45, 7) is 3.92. The minimum Gasteiger partial charge on any atom is -0.504 e. The van der Waals surface area contributed by atoms with E-state index < -0.39 is 23.2 Å². The van der Waals surface area contributed by atoms with E-state index in [1.165, 1.54) is 0 Å². The number of hydrogen-bond acceptors (Lipinski definition) is 4. The summed E-state index contributed by atoms with van der Waals surface area (Å²) in [6, 6.07) is 0.981. The number of aromatic carboxylic acids is 1. The molecule has 0 spiro atoms. The van der Waals surface area contributed by atoms with Gasteiger partial charge >= 0.3 is 5.97 Å². The molecule has 0 aliphatic rings. The predicted octanol–water partition coefficient (Wildman–Crippen LogP) is 3.58. The fourth-order valence-electron chi connectivity index (χ4n) is 2.36. The Morgan fingerprint density at radius 3 is 2.35 bits per heavy atom. The largest absolute Gasteiger partial charge is 0.504 e. The third kappa shape index (κ3) is 3.56. The molecule has 0 aliphatic heterocycles. The monoisotopic (exact) mass is 282 g/mol. The quantitative estimate of drug-likeness (QED) is 0.452. The number of benzene rings is 1. The molecule has 5 nitrogen and oxygen atoms in total. The second-order valence-corrected chi connectivity index (χ2v) is 5.11. The maximum atomic E-state index is 11.2. The Balaban J connectivity index is 3.02. The van der Waals surface area contributed by atoms with E-state index in [1.54, 1.807) is 0 Å². The zero-order chi connectivity index (χ0) is 15.3. The van der Waals surface area contributed by atoms with Crippen LogP contribution in [0.1, 0.15) is 67.8 Å². The molecule has 1 atom stereocenters. The number of unbranched alkanes of at least 4 members (excludes halogenated alkanes) is 3. The van der Waals surface area contributed by atoms with Crippen molar-refractivity contribution in [1.82, 2.24) is 0 Å². The second-order valence-electron chi connectivity index (χ2n) is 5.11. The van der Waals surface area contributed by atoms with Crippen molar-refractivity contribution in [1.29, 1.82) is 0 Å². The van der Waals surface area contributed by atoms with Gasteiger partial charge in [0.05, 0.1) is 5.56 Å². The second kappa shape index (κ2) is 7.03. The molecule has 0 heterocycles.